The Morgan fingerprint density at radius 3 is 2.74 bits per heavy atom. The van der Waals surface area contributed by atoms with E-state index in [1.54, 1.807) is 4.90 Å². The number of β-amino-alcohol motifs (C(OH)–C–C–N with tert-alkyl or cyclic N) is 1. The van der Waals surface area contributed by atoms with Crippen molar-refractivity contribution >= 4 is 27.6 Å². The van der Waals surface area contributed by atoms with Crippen LogP contribution in [0.5, 0.6) is 0 Å². The third-order valence-electron chi connectivity index (χ3n) is 6.38. The Labute approximate surface area is 181 Å². The summed E-state index contributed by atoms with van der Waals surface area (Å²) in [6.07, 6.45) is 2.10. The molecule has 2 atom stereocenters. The summed E-state index contributed by atoms with van der Waals surface area (Å²) in [6.45, 7) is 1.03. The highest BCUT2D eigenvalue weighted by Crippen LogP contribution is 2.30. The largest absolute Gasteiger partial charge is 0.390 e. The Morgan fingerprint density at radius 1 is 1.13 bits per heavy atom. The molecule has 0 saturated carbocycles. The van der Waals surface area contributed by atoms with Crippen molar-refractivity contribution in [3.8, 4) is 11.1 Å². The molecule has 0 unspecified atom stereocenters. The molecule has 0 spiro atoms. The molecule has 1 saturated heterocycles. The fraction of sp³-hybridized carbons (Fsp3) is 0.280. The zero-order chi connectivity index (χ0) is 21.5. The number of likely N-dealkylation sites (tertiary alicyclic amines) is 1. The van der Waals surface area contributed by atoms with Crippen LogP contribution < -0.4 is 0 Å². The van der Waals surface area contributed by atoms with Crippen molar-refractivity contribution in [3.63, 3.8) is 0 Å². The van der Waals surface area contributed by atoms with Crippen LogP contribution in [-0.2, 0) is 0 Å². The fourth-order valence-corrected chi connectivity index (χ4v) is 4.65. The Morgan fingerprint density at radius 2 is 1.94 bits per heavy atom. The number of amides is 1. The van der Waals surface area contributed by atoms with Crippen molar-refractivity contribution < 1.29 is 9.90 Å². The lowest BCUT2D eigenvalue weighted by Gasteiger charge is -2.39. The number of H-pyrrole nitrogens is 1. The minimum absolute atomic E-state index is 0.0228. The second-order valence-corrected chi connectivity index (χ2v) is 8.55. The molecule has 1 aromatic heterocycles. The van der Waals surface area contributed by atoms with Crippen molar-refractivity contribution in [1.82, 2.24) is 20.0 Å². The maximum absolute atomic E-state index is 13.1. The molecule has 5 rings (SSSR count). The van der Waals surface area contributed by atoms with Crippen LogP contribution in [0.1, 0.15) is 16.8 Å². The van der Waals surface area contributed by atoms with Crippen molar-refractivity contribution in [1.29, 1.82) is 0 Å². The molecule has 158 valence electrons. The van der Waals surface area contributed by atoms with Crippen LogP contribution in [0.25, 0.3) is 32.8 Å². The van der Waals surface area contributed by atoms with Crippen LogP contribution >= 0.6 is 0 Å². The monoisotopic (exact) mass is 414 g/mol. The molecule has 2 heterocycles. The van der Waals surface area contributed by atoms with E-state index in [2.05, 4.69) is 34.5 Å². The highest BCUT2D eigenvalue weighted by molar-refractivity contribution is 6.01. The number of piperidine rings is 1. The number of carbonyl (C=O) groups is 1. The van der Waals surface area contributed by atoms with E-state index in [-0.39, 0.29) is 11.9 Å². The van der Waals surface area contributed by atoms with Crippen molar-refractivity contribution in [3.05, 3.63) is 66.4 Å². The molecule has 2 N–H and O–H groups in total. The first-order valence-corrected chi connectivity index (χ1v) is 10.6. The van der Waals surface area contributed by atoms with Gasteiger partial charge in [-0.1, -0.05) is 30.3 Å². The first-order chi connectivity index (χ1) is 15.0. The van der Waals surface area contributed by atoms with Gasteiger partial charge in [-0.15, -0.1) is 0 Å². The van der Waals surface area contributed by atoms with Crippen molar-refractivity contribution in [2.75, 3.05) is 27.2 Å². The van der Waals surface area contributed by atoms with Gasteiger partial charge in [0.25, 0.3) is 5.91 Å². The van der Waals surface area contributed by atoms with Gasteiger partial charge in [0, 0.05) is 30.1 Å². The van der Waals surface area contributed by atoms with Gasteiger partial charge >= 0.3 is 0 Å². The summed E-state index contributed by atoms with van der Waals surface area (Å²) in [5, 5.41) is 20.8. The van der Waals surface area contributed by atoms with Gasteiger partial charge in [0.2, 0.25) is 0 Å². The molecule has 0 radical (unpaired) electrons. The molecule has 6 heteroatoms. The lowest BCUT2D eigenvalue weighted by molar-refractivity contribution is 0.00608. The standard InChI is InChI=1S/C25H26N4O2/c1-28(2)23-10-11-29(15-24(23)30)25(31)19-9-7-16-12-18(8-6-17(16)13-19)20-4-3-5-22-21(20)14-26-27-22/h3-9,12-14,23-24,30H,10-11,15H2,1-2H3,(H,26,27)/t23-,24-/m0/s1. The molecule has 0 aliphatic carbocycles. The van der Waals surface area contributed by atoms with Gasteiger partial charge in [-0.25, -0.2) is 0 Å². The minimum atomic E-state index is -0.527. The number of aromatic nitrogens is 2. The van der Waals surface area contributed by atoms with Crippen LogP contribution in [0.15, 0.2) is 60.8 Å². The summed E-state index contributed by atoms with van der Waals surface area (Å²) in [5.41, 5.74) is 3.92. The van der Waals surface area contributed by atoms with Crippen LogP contribution in [0, 0.1) is 0 Å². The quantitative estimate of drug-likeness (QED) is 0.538. The second kappa shape index (κ2) is 7.80. The van der Waals surface area contributed by atoms with E-state index in [0.29, 0.717) is 18.7 Å². The summed E-state index contributed by atoms with van der Waals surface area (Å²) in [4.78, 5) is 16.9. The predicted molar refractivity (Wildman–Crippen MR) is 123 cm³/mol. The number of aromatic amines is 1. The van der Waals surface area contributed by atoms with E-state index >= 15 is 0 Å². The van der Waals surface area contributed by atoms with Crippen molar-refractivity contribution in [2.45, 2.75) is 18.6 Å². The number of aliphatic hydroxyl groups is 1. The van der Waals surface area contributed by atoms with E-state index in [9.17, 15) is 9.90 Å². The molecule has 1 fully saturated rings. The number of rotatable bonds is 3. The SMILES string of the molecule is CN(C)[C@H]1CCN(C(=O)c2ccc3cc(-c4cccc5[nH]ncc45)ccc3c2)C[C@@H]1O. The zero-order valence-corrected chi connectivity index (χ0v) is 17.7. The number of nitrogens with zero attached hydrogens (tertiary/aromatic N) is 3. The normalized spacial score (nSPS) is 19.4. The molecule has 0 bridgehead atoms. The molecule has 6 nitrogen and oxygen atoms in total. The number of hydrogen-bond donors (Lipinski definition) is 2. The van der Waals surface area contributed by atoms with E-state index in [0.717, 1.165) is 39.2 Å². The van der Waals surface area contributed by atoms with Crippen LogP contribution in [-0.4, -0.2) is 70.3 Å². The number of likely N-dealkylation sites (N-methyl/N-ethyl adjacent to an activating group) is 1. The van der Waals surface area contributed by atoms with E-state index in [1.165, 1.54) is 0 Å². The maximum atomic E-state index is 13.1. The lowest BCUT2D eigenvalue weighted by atomic mass is 9.97. The van der Waals surface area contributed by atoms with Gasteiger partial charge in [-0.05, 0) is 66.7 Å². The third kappa shape index (κ3) is 3.58. The minimum Gasteiger partial charge on any atom is -0.390 e. The molecule has 1 aliphatic heterocycles. The van der Waals surface area contributed by atoms with Crippen LogP contribution in [0.3, 0.4) is 0 Å². The molecular formula is C25H26N4O2. The molecule has 1 amide bonds. The van der Waals surface area contributed by atoms with Gasteiger partial charge in [0.05, 0.1) is 17.8 Å². The Bertz CT molecular complexity index is 1260. The number of fused-ring (bicyclic) bond motifs is 2. The highest BCUT2D eigenvalue weighted by Gasteiger charge is 2.31. The molecule has 4 aromatic rings. The molecule has 3 aromatic carbocycles. The number of benzene rings is 3. The number of carbonyl (C=O) groups excluding carboxylic acids is 1. The van der Waals surface area contributed by atoms with E-state index in [1.807, 2.05) is 55.5 Å². The Kier molecular flexibility index (Phi) is 4.96. The summed E-state index contributed by atoms with van der Waals surface area (Å²) in [6, 6.07) is 18.4. The Balaban J connectivity index is 1.42. The molecule has 1 aliphatic rings. The number of hydrogen-bond acceptors (Lipinski definition) is 4. The van der Waals surface area contributed by atoms with E-state index < -0.39 is 6.10 Å². The van der Waals surface area contributed by atoms with Gasteiger partial charge in [0.15, 0.2) is 0 Å². The van der Waals surface area contributed by atoms with Crippen molar-refractivity contribution in [2.24, 2.45) is 0 Å². The first kappa shape index (κ1) is 19.7. The third-order valence-corrected chi connectivity index (χ3v) is 6.38. The average molecular weight is 415 g/mol. The highest BCUT2D eigenvalue weighted by atomic mass is 16.3. The van der Waals surface area contributed by atoms with Gasteiger partial charge < -0.3 is 14.9 Å². The summed E-state index contributed by atoms with van der Waals surface area (Å²) in [7, 11) is 3.94. The zero-order valence-electron chi connectivity index (χ0n) is 17.7. The lowest BCUT2D eigenvalue weighted by Crippen LogP contribution is -2.53. The second-order valence-electron chi connectivity index (χ2n) is 8.55. The topological polar surface area (TPSA) is 72.5 Å². The summed E-state index contributed by atoms with van der Waals surface area (Å²) in [5.74, 6) is -0.0228. The van der Waals surface area contributed by atoms with Crippen LogP contribution in [0.2, 0.25) is 0 Å². The van der Waals surface area contributed by atoms with Gasteiger partial charge in [-0.2, -0.15) is 5.10 Å². The maximum Gasteiger partial charge on any atom is 0.253 e. The number of nitrogens with one attached hydrogen (secondary N) is 1. The predicted octanol–water partition coefficient (Wildman–Crippen LogP) is 3.52. The van der Waals surface area contributed by atoms with Gasteiger partial charge in [-0.3, -0.25) is 9.89 Å². The van der Waals surface area contributed by atoms with Crippen LogP contribution in [0.4, 0.5) is 0 Å². The summed E-state index contributed by atoms with van der Waals surface area (Å²) >= 11 is 0. The van der Waals surface area contributed by atoms with E-state index in [4.69, 9.17) is 0 Å². The van der Waals surface area contributed by atoms with Gasteiger partial charge in [0.1, 0.15) is 0 Å². The Hall–Kier alpha value is -3.22. The fourth-order valence-electron chi connectivity index (χ4n) is 4.65. The average Bonchev–Trinajstić information content (AvgIpc) is 3.26. The molecule has 31 heavy (non-hydrogen) atoms. The number of aliphatic hydroxyl groups excluding tert-OH is 1. The first-order valence-electron chi connectivity index (χ1n) is 10.6. The smallest absolute Gasteiger partial charge is 0.253 e. The molecular weight excluding hydrogens is 388 g/mol. The summed E-state index contributed by atoms with van der Waals surface area (Å²) < 4.78 is 0.